The van der Waals surface area contributed by atoms with Gasteiger partial charge >= 0.3 is 0 Å². The van der Waals surface area contributed by atoms with Crippen molar-refractivity contribution in [3.8, 4) is 11.5 Å². The molecule has 0 aliphatic heterocycles. The van der Waals surface area contributed by atoms with Gasteiger partial charge in [-0.1, -0.05) is 30.3 Å². The molecule has 0 bridgehead atoms. The Balaban J connectivity index is 1.94. The van der Waals surface area contributed by atoms with Gasteiger partial charge in [0.15, 0.2) is 0 Å². The number of ether oxygens (including phenoxy) is 2. The van der Waals surface area contributed by atoms with E-state index in [1.807, 2.05) is 30.5 Å². The molecule has 0 amide bonds. The maximum absolute atomic E-state index is 5.93. The van der Waals surface area contributed by atoms with Crippen molar-refractivity contribution in [1.82, 2.24) is 4.90 Å². The Bertz CT molecular complexity index is 654. The van der Waals surface area contributed by atoms with Crippen LogP contribution in [-0.2, 0) is 6.42 Å². The molecule has 2 aromatic rings. The van der Waals surface area contributed by atoms with Gasteiger partial charge < -0.3 is 14.4 Å². The second-order valence-electron chi connectivity index (χ2n) is 6.18. The summed E-state index contributed by atoms with van der Waals surface area (Å²) < 4.78 is 11.2. The summed E-state index contributed by atoms with van der Waals surface area (Å²) in [7, 11) is 5.81. The van der Waals surface area contributed by atoms with E-state index in [9.17, 15) is 0 Å². The van der Waals surface area contributed by atoms with Crippen LogP contribution in [0.4, 0.5) is 0 Å². The molecule has 2 rings (SSSR count). The molecule has 0 N–H and O–H groups in total. The molecule has 0 fully saturated rings. The normalized spacial score (nSPS) is 11.2. The minimum Gasteiger partial charge on any atom is -0.497 e. The summed E-state index contributed by atoms with van der Waals surface area (Å²) in [6, 6.07) is 16.2. The largest absolute Gasteiger partial charge is 0.497 e. The number of benzene rings is 2. The fourth-order valence-electron chi connectivity index (χ4n) is 2.45. The molecule has 0 saturated carbocycles. The standard InChI is InChI=1S/C21H28N2O2/c1-23(2)14-7-15-25-21-11-10-20(24-3)16-19(21)17-22-13-12-18-8-5-4-6-9-18/h4-6,8-11,16-17H,7,12-15H2,1-3H3/b22-17-. The second kappa shape index (κ2) is 10.5. The molecule has 0 aliphatic carbocycles. The number of rotatable bonds is 10. The topological polar surface area (TPSA) is 34.1 Å². The van der Waals surface area contributed by atoms with Gasteiger partial charge in [-0.2, -0.15) is 0 Å². The second-order valence-corrected chi connectivity index (χ2v) is 6.18. The predicted octanol–water partition coefficient (Wildman–Crippen LogP) is 3.69. The first-order valence-corrected chi connectivity index (χ1v) is 8.68. The van der Waals surface area contributed by atoms with Gasteiger partial charge in [0, 0.05) is 24.9 Å². The molecular formula is C21H28N2O2. The Morgan fingerprint density at radius 1 is 1.08 bits per heavy atom. The van der Waals surface area contributed by atoms with E-state index >= 15 is 0 Å². The maximum Gasteiger partial charge on any atom is 0.128 e. The van der Waals surface area contributed by atoms with Crippen molar-refractivity contribution in [2.75, 3.05) is 40.9 Å². The van der Waals surface area contributed by atoms with E-state index < -0.39 is 0 Å². The molecule has 4 heteroatoms. The first-order chi connectivity index (χ1) is 12.2. The van der Waals surface area contributed by atoms with E-state index in [1.54, 1.807) is 7.11 Å². The molecule has 0 aromatic heterocycles. The molecule has 0 heterocycles. The van der Waals surface area contributed by atoms with Crippen LogP contribution in [0, 0.1) is 0 Å². The molecule has 0 unspecified atom stereocenters. The molecule has 134 valence electrons. The summed E-state index contributed by atoms with van der Waals surface area (Å²) in [5.41, 5.74) is 2.25. The summed E-state index contributed by atoms with van der Waals surface area (Å²) in [5.74, 6) is 1.66. The van der Waals surface area contributed by atoms with Crippen molar-refractivity contribution < 1.29 is 9.47 Å². The highest BCUT2D eigenvalue weighted by molar-refractivity contribution is 5.84. The summed E-state index contributed by atoms with van der Waals surface area (Å²) in [6.45, 7) is 2.45. The van der Waals surface area contributed by atoms with Crippen LogP contribution >= 0.6 is 0 Å². The van der Waals surface area contributed by atoms with Crippen molar-refractivity contribution in [2.24, 2.45) is 4.99 Å². The lowest BCUT2D eigenvalue weighted by Gasteiger charge is -2.12. The fraction of sp³-hybridized carbons (Fsp3) is 0.381. The zero-order valence-corrected chi connectivity index (χ0v) is 15.4. The third-order valence-corrected chi connectivity index (χ3v) is 3.83. The summed E-state index contributed by atoms with van der Waals surface area (Å²) >= 11 is 0. The lowest BCUT2D eigenvalue weighted by Crippen LogP contribution is -2.15. The van der Waals surface area contributed by atoms with Crippen LogP contribution in [-0.4, -0.2) is 52.0 Å². The van der Waals surface area contributed by atoms with Crippen LogP contribution in [0.15, 0.2) is 53.5 Å². The van der Waals surface area contributed by atoms with Crippen molar-refractivity contribution in [3.05, 3.63) is 59.7 Å². The molecule has 25 heavy (non-hydrogen) atoms. The smallest absolute Gasteiger partial charge is 0.128 e. The lowest BCUT2D eigenvalue weighted by molar-refractivity contribution is 0.281. The average Bonchev–Trinajstić information content (AvgIpc) is 2.63. The van der Waals surface area contributed by atoms with Gasteiger partial charge in [-0.15, -0.1) is 0 Å². The monoisotopic (exact) mass is 340 g/mol. The molecule has 0 saturated heterocycles. The van der Waals surface area contributed by atoms with Crippen LogP contribution < -0.4 is 9.47 Å². The Labute approximate surface area is 151 Å². The minimum absolute atomic E-state index is 0.690. The predicted molar refractivity (Wildman–Crippen MR) is 104 cm³/mol. The van der Waals surface area contributed by atoms with Gasteiger partial charge in [-0.05, 0) is 50.7 Å². The van der Waals surface area contributed by atoms with E-state index in [1.165, 1.54) is 5.56 Å². The maximum atomic E-state index is 5.93. The third kappa shape index (κ3) is 6.98. The van der Waals surface area contributed by atoms with Crippen molar-refractivity contribution in [3.63, 3.8) is 0 Å². The van der Waals surface area contributed by atoms with E-state index in [0.29, 0.717) is 6.61 Å². The van der Waals surface area contributed by atoms with Crippen molar-refractivity contribution in [2.45, 2.75) is 12.8 Å². The molecule has 2 aromatic carbocycles. The minimum atomic E-state index is 0.690. The van der Waals surface area contributed by atoms with Gasteiger partial charge in [0.1, 0.15) is 11.5 Å². The Kier molecular flexibility index (Phi) is 7.99. The molecular weight excluding hydrogens is 312 g/mol. The first kappa shape index (κ1) is 19.0. The zero-order chi connectivity index (χ0) is 17.9. The van der Waals surface area contributed by atoms with Crippen molar-refractivity contribution >= 4 is 6.21 Å². The summed E-state index contributed by atoms with van der Waals surface area (Å²) in [4.78, 5) is 6.72. The number of hydrogen-bond acceptors (Lipinski definition) is 4. The molecule has 0 aliphatic rings. The molecule has 0 atom stereocenters. The first-order valence-electron chi connectivity index (χ1n) is 8.68. The van der Waals surface area contributed by atoms with Gasteiger partial charge in [-0.3, -0.25) is 4.99 Å². The number of hydrogen-bond donors (Lipinski definition) is 0. The SMILES string of the molecule is COc1ccc(OCCCN(C)C)c(/C=N\CCc2ccccc2)c1. The van der Waals surface area contributed by atoms with Crippen LogP contribution in [0.1, 0.15) is 17.5 Å². The highest BCUT2D eigenvalue weighted by atomic mass is 16.5. The average molecular weight is 340 g/mol. The summed E-state index contributed by atoms with van der Waals surface area (Å²) in [5, 5.41) is 0. The van der Waals surface area contributed by atoms with E-state index in [-0.39, 0.29) is 0 Å². The van der Waals surface area contributed by atoms with Crippen molar-refractivity contribution in [1.29, 1.82) is 0 Å². The molecule has 0 radical (unpaired) electrons. The highest BCUT2D eigenvalue weighted by Crippen LogP contribution is 2.23. The molecule has 4 nitrogen and oxygen atoms in total. The van der Waals surface area contributed by atoms with Crippen LogP contribution in [0.2, 0.25) is 0 Å². The molecule has 0 spiro atoms. The number of aliphatic imine (C=N–C) groups is 1. The van der Waals surface area contributed by atoms with Crippen LogP contribution in [0.25, 0.3) is 0 Å². The Morgan fingerprint density at radius 3 is 2.60 bits per heavy atom. The van der Waals surface area contributed by atoms with Crippen LogP contribution in [0.5, 0.6) is 11.5 Å². The number of nitrogens with zero attached hydrogens (tertiary/aromatic N) is 2. The summed E-state index contributed by atoms with van der Waals surface area (Å²) in [6.07, 6.45) is 3.80. The van der Waals surface area contributed by atoms with E-state index in [0.717, 1.165) is 43.0 Å². The lowest BCUT2D eigenvalue weighted by atomic mass is 10.1. The quantitative estimate of drug-likeness (QED) is 0.489. The van der Waals surface area contributed by atoms with Gasteiger partial charge in [-0.25, -0.2) is 0 Å². The van der Waals surface area contributed by atoms with E-state index in [4.69, 9.17) is 9.47 Å². The third-order valence-electron chi connectivity index (χ3n) is 3.83. The fourth-order valence-corrected chi connectivity index (χ4v) is 2.45. The van der Waals surface area contributed by atoms with Crippen LogP contribution in [0.3, 0.4) is 0 Å². The highest BCUT2D eigenvalue weighted by Gasteiger charge is 2.04. The Morgan fingerprint density at radius 2 is 1.88 bits per heavy atom. The van der Waals surface area contributed by atoms with Gasteiger partial charge in [0.25, 0.3) is 0 Å². The van der Waals surface area contributed by atoms with Gasteiger partial charge in [0.05, 0.1) is 13.7 Å². The van der Waals surface area contributed by atoms with E-state index in [2.05, 4.69) is 48.3 Å². The zero-order valence-electron chi connectivity index (χ0n) is 15.4. The number of methoxy groups -OCH3 is 1. The Hall–Kier alpha value is -2.33. The van der Waals surface area contributed by atoms with Gasteiger partial charge in [0.2, 0.25) is 0 Å².